The van der Waals surface area contributed by atoms with E-state index in [1.54, 1.807) is 0 Å². The molecule has 1 aromatic heterocycles. The Morgan fingerprint density at radius 2 is 2.05 bits per heavy atom. The number of rotatable bonds is 5. The van der Waals surface area contributed by atoms with E-state index in [1.165, 1.54) is 5.56 Å². The van der Waals surface area contributed by atoms with Crippen LogP contribution in [0.15, 0.2) is 34.9 Å². The maximum Gasteiger partial charge on any atom is 0.256 e. The summed E-state index contributed by atoms with van der Waals surface area (Å²) in [6.45, 7) is 2.95. The molecule has 0 radical (unpaired) electrons. The monoisotopic (exact) mass is 272 g/mol. The number of benzene rings is 1. The SMILES string of the molecule is C[C@@H]1CCO[C@@H]1c1nc(CCCc2ccccc2)no1. The fourth-order valence-corrected chi connectivity index (χ4v) is 2.59. The first-order chi connectivity index (χ1) is 9.83. The predicted octanol–water partition coefficient (Wildman–Crippen LogP) is 3.34. The average molecular weight is 272 g/mol. The molecule has 4 heteroatoms. The van der Waals surface area contributed by atoms with Crippen LogP contribution in [0.4, 0.5) is 0 Å². The van der Waals surface area contributed by atoms with Gasteiger partial charge in [0.25, 0.3) is 5.89 Å². The van der Waals surface area contributed by atoms with Gasteiger partial charge in [0.1, 0.15) is 6.10 Å². The Morgan fingerprint density at radius 1 is 1.20 bits per heavy atom. The van der Waals surface area contributed by atoms with Crippen molar-refractivity contribution in [2.24, 2.45) is 5.92 Å². The zero-order valence-corrected chi connectivity index (χ0v) is 11.8. The molecule has 1 saturated heterocycles. The first kappa shape index (κ1) is 13.3. The molecule has 0 unspecified atom stereocenters. The first-order valence-corrected chi connectivity index (χ1v) is 7.31. The molecule has 4 nitrogen and oxygen atoms in total. The second kappa shape index (κ2) is 6.18. The average Bonchev–Trinajstić information content (AvgIpc) is 3.09. The van der Waals surface area contributed by atoms with Gasteiger partial charge >= 0.3 is 0 Å². The lowest BCUT2D eigenvalue weighted by atomic mass is 10.0. The third-order valence-electron chi connectivity index (χ3n) is 3.82. The maximum absolute atomic E-state index is 5.64. The number of aromatic nitrogens is 2. The summed E-state index contributed by atoms with van der Waals surface area (Å²) in [4.78, 5) is 4.47. The molecule has 0 amide bonds. The van der Waals surface area contributed by atoms with Crippen LogP contribution in [-0.4, -0.2) is 16.7 Å². The molecule has 0 bridgehead atoms. The molecule has 2 atom stereocenters. The Morgan fingerprint density at radius 3 is 2.80 bits per heavy atom. The van der Waals surface area contributed by atoms with Gasteiger partial charge in [0.05, 0.1) is 0 Å². The van der Waals surface area contributed by atoms with Crippen molar-refractivity contribution < 1.29 is 9.26 Å². The topological polar surface area (TPSA) is 48.2 Å². The van der Waals surface area contributed by atoms with E-state index in [0.717, 1.165) is 38.1 Å². The third-order valence-corrected chi connectivity index (χ3v) is 3.82. The van der Waals surface area contributed by atoms with E-state index in [1.807, 2.05) is 6.07 Å². The quantitative estimate of drug-likeness (QED) is 0.837. The van der Waals surface area contributed by atoms with E-state index in [0.29, 0.717) is 11.8 Å². The summed E-state index contributed by atoms with van der Waals surface area (Å²) >= 11 is 0. The van der Waals surface area contributed by atoms with Crippen LogP contribution in [0, 0.1) is 5.92 Å². The third kappa shape index (κ3) is 3.07. The van der Waals surface area contributed by atoms with Crippen molar-refractivity contribution in [3.05, 3.63) is 47.6 Å². The van der Waals surface area contributed by atoms with Gasteiger partial charge in [0.15, 0.2) is 5.82 Å². The number of aryl methyl sites for hydroxylation is 2. The van der Waals surface area contributed by atoms with Gasteiger partial charge in [-0.05, 0) is 30.7 Å². The van der Waals surface area contributed by atoms with Crippen molar-refractivity contribution in [1.29, 1.82) is 0 Å². The van der Waals surface area contributed by atoms with Crippen molar-refractivity contribution in [3.63, 3.8) is 0 Å². The Labute approximate surface area is 119 Å². The molecule has 2 aromatic rings. The molecular formula is C16H20N2O2. The van der Waals surface area contributed by atoms with Crippen LogP contribution in [0.1, 0.15) is 43.1 Å². The summed E-state index contributed by atoms with van der Waals surface area (Å²) in [6.07, 6.45) is 3.98. The minimum Gasteiger partial charge on any atom is -0.368 e. The van der Waals surface area contributed by atoms with Crippen molar-refractivity contribution in [2.45, 2.75) is 38.7 Å². The minimum atomic E-state index is -0.00891. The molecule has 0 spiro atoms. The molecule has 1 aromatic carbocycles. The second-order valence-electron chi connectivity index (χ2n) is 5.45. The van der Waals surface area contributed by atoms with E-state index in [-0.39, 0.29) is 6.10 Å². The summed E-state index contributed by atoms with van der Waals surface area (Å²) in [5, 5.41) is 4.06. The van der Waals surface area contributed by atoms with Gasteiger partial charge in [0, 0.05) is 13.0 Å². The van der Waals surface area contributed by atoms with Crippen molar-refractivity contribution in [3.8, 4) is 0 Å². The highest BCUT2D eigenvalue weighted by molar-refractivity contribution is 5.14. The van der Waals surface area contributed by atoms with Gasteiger partial charge in [0.2, 0.25) is 0 Å². The largest absolute Gasteiger partial charge is 0.368 e. The first-order valence-electron chi connectivity index (χ1n) is 7.31. The molecule has 3 rings (SSSR count). The lowest BCUT2D eigenvalue weighted by Gasteiger charge is -2.07. The number of hydrogen-bond acceptors (Lipinski definition) is 4. The van der Waals surface area contributed by atoms with Crippen LogP contribution in [0.2, 0.25) is 0 Å². The Bertz CT molecular complexity index is 538. The summed E-state index contributed by atoms with van der Waals surface area (Å²) in [5.74, 6) is 1.90. The normalized spacial score (nSPS) is 22.2. The molecule has 0 saturated carbocycles. The summed E-state index contributed by atoms with van der Waals surface area (Å²) in [6, 6.07) is 10.5. The van der Waals surface area contributed by atoms with Gasteiger partial charge in [-0.15, -0.1) is 0 Å². The fourth-order valence-electron chi connectivity index (χ4n) is 2.59. The van der Waals surface area contributed by atoms with Crippen molar-refractivity contribution >= 4 is 0 Å². The van der Waals surface area contributed by atoms with E-state index >= 15 is 0 Å². The van der Waals surface area contributed by atoms with Gasteiger partial charge in [-0.1, -0.05) is 42.4 Å². The van der Waals surface area contributed by atoms with Crippen molar-refractivity contribution in [2.75, 3.05) is 6.61 Å². The van der Waals surface area contributed by atoms with Gasteiger partial charge in [-0.2, -0.15) is 4.98 Å². The summed E-state index contributed by atoms with van der Waals surface area (Å²) < 4.78 is 11.0. The lowest BCUT2D eigenvalue weighted by molar-refractivity contribution is 0.0661. The summed E-state index contributed by atoms with van der Waals surface area (Å²) in [5.41, 5.74) is 1.35. The van der Waals surface area contributed by atoms with Crippen LogP contribution in [0.5, 0.6) is 0 Å². The minimum absolute atomic E-state index is 0.00891. The zero-order chi connectivity index (χ0) is 13.8. The highest BCUT2D eigenvalue weighted by atomic mass is 16.5. The zero-order valence-electron chi connectivity index (χ0n) is 11.8. The van der Waals surface area contributed by atoms with Crippen LogP contribution >= 0.6 is 0 Å². The van der Waals surface area contributed by atoms with E-state index in [9.17, 15) is 0 Å². The van der Waals surface area contributed by atoms with Crippen LogP contribution in [0.25, 0.3) is 0 Å². The number of hydrogen-bond donors (Lipinski definition) is 0. The molecule has 106 valence electrons. The lowest BCUT2D eigenvalue weighted by Crippen LogP contribution is -2.04. The molecule has 0 aliphatic carbocycles. The highest BCUT2D eigenvalue weighted by Gasteiger charge is 2.30. The van der Waals surface area contributed by atoms with E-state index < -0.39 is 0 Å². The Hall–Kier alpha value is -1.68. The van der Waals surface area contributed by atoms with Gasteiger partial charge in [-0.3, -0.25) is 0 Å². The fraction of sp³-hybridized carbons (Fsp3) is 0.500. The smallest absolute Gasteiger partial charge is 0.256 e. The summed E-state index contributed by atoms with van der Waals surface area (Å²) in [7, 11) is 0. The van der Waals surface area contributed by atoms with E-state index in [2.05, 4.69) is 41.3 Å². The predicted molar refractivity (Wildman–Crippen MR) is 75.2 cm³/mol. The molecular weight excluding hydrogens is 252 g/mol. The molecule has 2 heterocycles. The Kier molecular flexibility index (Phi) is 4.11. The van der Waals surface area contributed by atoms with E-state index in [4.69, 9.17) is 9.26 Å². The van der Waals surface area contributed by atoms with Gasteiger partial charge < -0.3 is 9.26 Å². The molecule has 20 heavy (non-hydrogen) atoms. The molecule has 0 N–H and O–H groups in total. The molecule has 1 fully saturated rings. The second-order valence-corrected chi connectivity index (χ2v) is 5.45. The number of ether oxygens (including phenoxy) is 1. The Balaban J connectivity index is 1.52. The number of nitrogens with zero attached hydrogens (tertiary/aromatic N) is 2. The van der Waals surface area contributed by atoms with Crippen LogP contribution in [-0.2, 0) is 17.6 Å². The molecule has 1 aliphatic heterocycles. The standard InChI is InChI=1S/C16H20N2O2/c1-12-10-11-19-15(12)16-17-14(18-20-16)9-5-8-13-6-3-2-4-7-13/h2-4,6-7,12,15H,5,8-11H2,1H3/t12-,15+/m1/s1. The highest BCUT2D eigenvalue weighted by Crippen LogP contribution is 2.32. The molecule has 1 aliphatic rings. The van der Waals surface area contributed by atoms with Crippen molar-refractivity contribution in [1.82, 2.24) is 10.1 Å². The van der Waals surface area contributed by atoms with Crippen LogP contribution < -0.4 is 0 Å². The van der Waals surface area contributed by atoms with Crippen LogP contribution in [0.3, 0.4) is 0 Å². The maximum atomic E-state index is 5.64. The van der Waals surface area contributed by atoms with Gasteiger partial charge in [-0.25, -0.2) is 0 Å².